The van der Waals surface area contributed by atoms with E-state index in [1.807, 2.05) is 32.0 Å². The zero-order chi connectivity index (χ0) is 22.3. The first-order chi connectivity index (χ1) is 14.2. The number of rotatable bonds is 9. The van der Waals surface area contributed by atoms with E-state index in [0.717, 1.165) is 11.1 Å². The summed E-state index contributed by atoms with van der Waals surface area (Å²) in [4.78, 5) is 27.2. The maximum Gasteiger partial charge on any atom is 0.242 e. The summed E-state index contributed by atoms with van der Waals surface area (Å²) in [5, 5.41) is 4.61. The van der Waals surface area contributed by atoms with Crippen LogP contribution in [0.3, 0.4) is 0 Å². The lowest BCUT2D eigenvalue weighted by atomic mass is 10.1. The van der Waals surface area contributed by atoms with Crippen molar-refractivity contribution in [2.45, 2.75) is 45.2 Å². The second-order valence-corrected chi connectivity index (χ2v) is 9.49. The third-order valence-corrected chi connectivity index (χ3v) is 6.13. The molecule has 0 aromatic heterocycles. The highest BCUT2D eigenvalue weighted by atomic mass is 35.5. The van der Waals surface area contributed by atoms with E-state index in [0.29, 0.717) is 27.4 Å². The molecule has 2 amide bonds. The van der Waals surface area contributed by atoms with Crippen LogP contribution in [0, 0.1) is 0 Å². The first-order valence-electron chi connectivity index (χ1n) is 9.53. The topological polar surface area (TPSA) is 49.4 Å². The quantitative estimate of drug-likeness (QED) is 0.485. The molecular weight excluding hydrogens is 463 g/mol. The van der Waals surface area contributed by atoms with Crippen molar-refractivity contribution in [3.63, 3.8) is 0 Å². The maximum atomic E-state index is 13.0. The molecule has 162 valence electrons. The van der Waals surface area contributed by atoms with Crippen molar-refractivity contribution < 1.29 is 9.59 Å². The predicted octanol–water partition coefficient (Wildman–Crippen LogP) is 5.82. The Labute approximate surface area is 197 Å². The fraction of sp³-hybridized carbons (Fsp3) is 0.364. The average Bonchev–Trinajstić information content (AvgIpc) is 2.66. The molecule has 30 heavy (non-hydrogen) atoms. The van der Waals surface area contributed by atoms with Crippen molar-refractivity contribution in [1.29, 1.82) is 0 Å². The molecule has 0 aliphatic carbocycles. The molecule has 2 rings (SSSR count). The summed E-state index contributed by atoms with van der Waals surface area (Å²) in [7, 11) is 0. The third kappa shape index (κ3) is 7.69. The fourth-order valence-corrected chi connectivity index (χ4v) is 4.47. The van der Waals surface area contributed by atoms with E-state index in [1.165, 1.54) is 11.8 Å². The number of thioether (sulfide) groups is 1. The number of hydrogen-bond donors (Lipinski definition) is 1. The van der Waals surface area contributed by atoms with Gasteiger partial charge in [0.1, 0.15) is 6.04 Å². The lowest BCUT2D eigenvalue weighted by Gasteiger charge is -2.29. The minimum atomic E-state index is -0.612. The molecule has 4 nitrogen and oxygen atoms in total. The van der Waals surface area contributed by atoms with Gasteiger partial charge in [-0.15, -0.1) is 11.8 Å². The number of carbonyl (C=O) groups is 2. The van der Waals surface area contributed by atoms with Gasteiger partial charge in [0.25, 0.3) is 0 Å². The molecule has 0 aliphatic heterocycles. The van der Waals surface area contributed by atoms with Gasteiger partial charge in [0.15, 0.2) is 0 Å². The molecule has 1 unspecified atom stereocenters. The van der Waals surface area contributed by atoms with E-state index in [-0.39, 0.29) is 23.6 Å². The van der Waals surface area contributed by atoms with Gasteiger partial charge < -0.3 is 10.2 Å². The van der Waals surface area contributed by atoms with Gasteiger partial charge in [-0.05, 0) is 56.2 Å². The fourth-order valence-electron chi connectivity index (χ4n) is 2.79. The molecule has 0 bridgehead atoms. The molecule has 0 saturated carbocycles. The van der Waals surface area contributed by atoms with Gasteiger partial charge in [0, 0.05) is 33.4 Å². The van der Waals surface area contributed by atoms with Crippen LogP contribution in [0.4, 0.5) is 0 Å². The summed E-state index contributed by atoms with van der Waals surface area (Å²) in [5.41, 5.74) is 1.77. The minimum Gasteiger partial charge on any atom is -0.352 e. The van der Waals surface area contributed by atoms with Crippen molar-refractivity contribution in [3.05, 3.63) is 68.7 Å². The Morgan fingerprint density at radius 2 is 1.73 bits per heavy atom. The van der Waals surface area contributed by atoms with Crippen molar-refractivity contribution in [1.82, 2.24) is 10.2 Å². The van der Waals surface area contributed by atoms with E-state index in [9.17, 15) is 9.59 Å². The maximum absolute atomic E-state index is 13.0. The molecule has 2 aromatic rings. The number of hydrogen-bond acceptors (Lipinski definition) is 3. The summed E-state index contributed by atoms with van der Waals surface area (Å²) in [6, 6.07) is 12.0. The second kappa shape index (κ2) is 11.8. The van der Waals surface area contributed by atoms with E-state index < -0.39 is 6.04 Å². The lowest BCUT2D eigenvalue weighted by molar-refractivity contribution is -0.138. The molecule has 0 aliphatic rings. The third-order valence-electron chi connectivity index (χ3n) is 4.34. The summed E-state index contributed by atoms with van der Waals surface area (Å²) in [5.74, 6) is 0.473. The first kappa shape index (κ1) is 24.9. The Morgan fingerprint density at radius 1 is 1.03 bits per heavy atom. The smallest absolute Gasteiger partial charge is 0.242 e. The van der Waals surface area contributed by atoms with E-state index >= 15 is 0 Å². The van der Waals surface area contributed by atoms with Crippen LogP contribution in [0.25, 0.3) is 0 Å². The Balaban J connectivity index is 2.09. The summed E-state index contributed by atoms with van der Waals surface area (Å²) in [6.07, 6.45) is 0. The Kier molecular flexibility index (Phi) is 9.82. The molecule has 0 saturated heterocycles. The number of halogens is 3. The van der Waals surface area contributed by atoms with Crippen LogP contribution >= 0.6 is 46.6 Å². The van der Waals surface area contributed by atoms with Crippen LogP contribution in [0.1, 0.15) is 31.9 Å². The Hall–Kier alpha value is -1.40. The molecule has 1 atom stereocenters. The van der Waals surface area contributed by atoms with E-state index in [2.05, 4.69) is 5.32 Å². The van der Waals surface area contributed by atoms with Crippen LogP contribution in [0.15, 0.2) is 42.5 Å². The van der Waals surface area contributed by atoms with Crippen LogP contribution < -0.4 is 5.32 Å². The predicted molar refractivity (Wildman–Crippen MR) is 127 cm³/mol. The standard InChI is InChI=1S/C22H25Cl3N2O2S/c1-14(2)26-22(29)15(3)27(11-16-5-4-6-18(23)9-16)21(28)13-30-12-17-7-8-19(24)10-20(17)25/h4-10,14-15H,11-13H2,1-3H3,(H,26,29). The van der Waals surface area contributed by atoms with Gasteiger partial charge in [-0.25, -0.2) is 0 Å². The van der Waals surface area contributed by atoms with Crippen molar-refractivity contribution >= 4 is 58.4 Å². The lowest BCUT2D eigenvalue weighted by Crippen LogP contribution is -2.49. The number of carbonyl (C=O) groups excluding carboxylic acids is 2. The normalized spacial score (nSPS) is 12.0. The highest BCUT2D eigenvalue weighted by molar-refractivity contribution is 7.99. The van der Waals surface area contributed by atoms with Gasteiger partial charge in [-0.1, -0.05) is 53.0 Å². The van der Waals surface area contributed by atoms with E-state index in [1.54, 1.807) is 36.1 Å². The van der Waals surface area contributed by atoms with Gasteiger partial charge in [-0.3, -0.25) is 9.59 Å². The molecule has 8 heteroatoms. The SMILES string of the molecule is CC(C)NC(=O)C(C)N(Cc1cccc(Cl)c1)C(=O)CSCc1ccc(Cl)cc1Cl. The zero-order valence-electron chi connectivity index (χ0n) is 17.1. The molecule has 0 spiro atoms. The van der Waals surface area contributed by atoms with Crippen LogP contribution in [-0.4, -0.2) is 34.6 Å². The first-order valence-corrected chi connectivity index (χ1v) is 11.8. The largest absolute Gasteiger partial charge is 0.352 e. The van der Waals surface area contributed by atoms with Crippen LogP contribution in [0.5, 0.6) is 0 Å². The number of nitrogens with one attached hydrogen (secondary N) is 1. The van der Waals surface area contributed by atoms with Gasteiger partial charge in [0.2, 0.25) is 11.8 Å². The van der Waals surface area contributed by atoms with Crippen molar-refractivity contribution in [2.75, 3.05) is 5.75 Å². The number of nitrogens with zero attached hydrogens (tertiary/aromatic N) is 1. The van der Waals surface area contributed by atoms with Gasteiger partial charge in [0.05, 0.1) is 5.75 Å². The second-order valence-electron chi connectivity index (χ2n) is 7.22. The minimum absolute atomic E-state index is 0.00973. The molecular formula is C22H25Cl3N2O2S. The van der Waals surface area contributed by atoms with Crippen molar-refractivity contribution in [2.24, 2.45) is 0 Å². The van der Waals surface area contributed by atoms with Crippen LogP contribution in [-0.2, 0) is 21.9 Å². The zero-order valence-corrected chi connectivity index (χ0v) is 20.2. The monoisotopic (exact) mass is 486 g/mol. The Morgan fingerprint density at radius 3 is 2.37 bits per heavy atom. The highest BCUT2D eigenvalue weighted by Gasteiger charge is 2.26. The molecule has 1 N–H and O–H groups in total. The number of amides is 2. The molecule has 2 aromatic carbocycles. The Bertz CT molecular complexity index is 892. The molecule has 0 radical (unpaired) electrons. The summed E-state index contributed by atoms with van der Waals surface area (Å²) in [6.45, 7) is 5.81. The molecule has 0 heterocycles. The number of benzene rings is 2. The summed E-state index contributed by atoms with van der Waals surface area (Å²) < 4.78 is 0. The van der Waals surface area contributed by atoms with Gasteiger partial charge in [-0.2, -0.15) is 0 Å². The summed E-state index contributed by atoms with van der Waals surface area (Å²) >= 11 is 19.7. The van der Waals surface area contributed by atoms with Crippen molar-refractivity contribution in [3.8, 4) is 0 Å². The van der Waals surface area contributed by atoms with Crippen LogP contribution in [0.2, 0.25) is 15.1 Å². The molecule has 0 fully saturated rings. The van der Waals surface area contributed by atoms with E-state index in [4.69, 9.17) is 34.8 Å². The average molecular weight is 488 g/mol. The van der Waals surface area contributed by atoms with Gasteiger partial charge >= 0.3 is 0 Å². The highest BCUT2D eigenvalue weighted by Crippen LogP contribution is 2.25.